The summed E-state index contributed by atoms with van der Waals surface area (Å²) in [6.07, 6.45) is 2.40. The van der Waals surface area contributed by atoms with E-state index in [-0.39, 0.29) is 5.91 Å². The maximum Gasteiger partial charge on any atom is 0.241 e. The Kier molecular flexibility index (Phi) is 5.52. The fourth-order valence-corrected chi connectivity index (χ4v) is 2.28. The molecule has 2 rings (SSSR count). The summed E-state index contributed by atoms with van der Waals surface area (Å²) in [4.78, 5) is 12.1. The van der Waals surface area contributed by atoms with Crippen LogP contribution in [-0.4, -0.2) is 11.9 Å². The number of amides is 1. The molecule has 0 aliphatic carbocycles. The van der Waals surface area contributed by atoms with Crippen LogP contribution in [0.3, 0.4) is 0 Å². The summed E-state index contributed by atoms with van der Waals surface area (Å²) < 4.78 is 0. The molecule has 21 heavy (non-hydrogen) atoms. The number of para-hydroxylation sites is 1. The summed E-state index contributed by atoms with van der Waals surface area (Å²) in [5.74, 6) is -0.114. The summed E-state index contributed by atoms with van der Waals surface area (Å²) in [5, 5.41) is 2.95. The number of hydrogen-bond donors (Lipinski definition) is 2. The molecule has 0 spiro atoms. The average molecular weight is 282 g/mol. The number of anilines is 1. The number of hydrogen-bond acceptors (Lipinski definition) is 2. The van der Waals surface area contributed by atoms with Crippen LogP contribution < -0.4 is 11.1 Å². The smallest absolute Gasteiger partial charge is 0.241 e. The van der Waals surface area contributed by atoms with Crippen molar-refractivity contribution in [3.05, 3.63) is 65.7 Å². The minimum absolute atomic E-state index is 0.114. The van der Waals surface area contributed by atoms with Crippen molar-refractivity contribution < 1.29 is 4.79 Å². The second kappa shape index (κ2) is 7.60. The van der Waals surface area contributed by atoms with Gasteiger partial charge >= 0.3 is 0 Å². The Morgan fingerprint density at radius 2 is 1.76 bits per heavy atom. The van der Waals surface area contributed by atoms with Crippen molar-refractivity contribution in [2.24, 2.45) is 5.73 Å². The van der Waals surface area contributed by atoms with E-state index in [4.69, 9.17) is 5.73 Å². The van der Waals surface area contributed by atoms with E-state index in [0.717, 1.165) is 24.1 Å². The van der Waals surface area contributed by atoms with E-state index in [9.17, 15) is 4.79 Å². The van der Waals surface area contributed by atoms with E-state index in [1.165, 1.54) is 5.56 Å². The van der Waals surface area contributed by atoms with Crippen molar-refractivity contribution in [3.8, 4) is 0 Å². The summed E-state index contributed by atoms with van der Waals surface area (Å²) >= 11 is 0. The Morgan fingerprint density at radius 1 is 1.10 bits per heavy atom. The van der Waals surface area contributed by atoms with Crippen LogP contribution in [-0.2, 0) is 11.2 Å². The van der Waals surface area contributed by atoms with Crippen LogP contribution in [0, 0.1) is 0 Å². The molecule has 2 aromatic carbocycles. The summed E-state index contributed by atoms with van der Waals surface area (Å²) in [5.41, 5.74) is 9.03. The quantitative estimate of drug-likeness (QED) is 0.853. The Morgan fingerprint density at radius 3 is 2.48 bits per heavy atom. The van der Waals surface area contributed by atoms with Gasteiger partial charge in [0, 0.05) is 5.69 Å². The molecule has 0 aliphatic heterocycles. The van der Waals surface area contributed by atoms with Gasteiger partial charge in [-0.1, -0.05) is 61.9 Å². The van der Waals surface area contributed by atoms with Crippen molar-refractivity contribution >= 4 is 11.6 Å². The predicted octanol–water partition coefficient (Wildman–Crippen LogP) is 3.34. The van der Waals surface area contributed by atoms with Crippen LogP contribution >= 0.6 is 0 Å². The molecule has 0 fully saturated rings. The lowest BCUT2D eigenvalue weighted by atomic mass is 10.0. The van der Waals surface area contributed by atoms with Gasteiger partial charge < -0.3 is 11.1 Å². The zero-order chi connectivity index (χ0) is 15.1. The van der Waals surface area contributed by atoms with Gasteiger partial charge in [-0.25, -0.2) is 0 Å². The monoisotopic (exact) mass is 282 g/mol. The lowest BCUT2D eigenvalue weighted by molar-refractivity contribution is -0.117. The maximum atomic E-state index is 12.1. The van der Waals surface area contributed by atoms with Gasteiger partial charge in [0.05, 0.1) is 6.04 Å². The Balaban J connectivity index is 2.12. The molecule has 3 heteroatoms. The van der Waals surface area contributed by atoms with Gasteiger partial charge in [-0.3, -0.25) is 4.79 Å². The molecule has 0 saturated heterocycles. The highest BCUT2D eigenvalue weighted by Gasteiger charge is 2.13. The number of nitrogens with one attached hydrogen (secondary N) is 1. The Labute approximate surface area is 126 Å². The molecule has 0 aromatic heterocycles. The van der Waals surface area contributed by atoms with Crippen LogP contribution in [0.1, 0.15) is 30.9 Å². The van der Waals surface area contributed by atoms with Crippen molar-refractivity contribution in [2.45, 2.75) is 32.2 Å². The molecule has 0 aliphatic rings. The molecule has 1 atom stereocenters. The van der Waals surface area contributed by atoms with Gasteiger partial charge in [0.2, 0.25) is 5.91 Å². The second-order valence-corrected chi connectivity index (χ2v) is 5.20. The number of nitrogens with two attached hydrogens (primary N) is 1. The topological polar surface area (TPSA) is 55.1 Å². The first-order valence-corrected chi connectivity index (χ1v) is 7.39. The second-order valence-electron chi connectivity index (χ2n) is 5.20. The van der Waals surface area contributed by atoms with Gasteiger partial charge in [0.1, 0.15) is 0 Å². The van der Waals surface area contributed by atoms with Gasteiger partial charge in [0.15, 0.2) is 0 Å². The van der Waals surface area contributed by atoms with Gasteiger partial charge in [-0.15, -0.1) is 0 Å². The van der Waals surface area contributed by atoms with Crippen LogP contribution in [0.4, 0.5) is 5.69 Å². The molecule has 0 bridgehead atoms. The minimum Gasteiger partial charge on any atom is -0.324 e. The van der Waals surface area contributed by atoms with Crippen molar-refractivity contribution in [1.29, 1.82) is 0 Å². The van der Waals surface area contributed by atoms with Crippen molar-refractivity contribution in [1.82, 2.24) is 0 Å². The first-order valence-electron chi connectivity index (χ1n) is 7.39. The molecule has 3 nitrogen and oxygen atoms in total. The van der Waals surface area contributed by atoms with Gasteiger partial charge in [-0.05, 0) is 30.0 Å². The molecule has 0 radical (unpaired) electrons. The SMILES string of the molecule is CCCC(N)C(=O)Nc1ccccc1Cc1ccccc1. The lowest BCUT2D eigenvalue weighted by Gasteiger charge is -2.14. The highest BCUT2D eigenvalue weighted by Crippen LogP contribution is 2.19. The molecular formula is C18H22N2O. The van der Waals surface area contributed by atoms with Crippen molar-refractivity contribution in [3.63, 3.8) is 0 Å². The molecule has 1 amide bonds. The number of benzene rings is 2. The predicted molar refractivity (Wildman–Crippen MR) is 87.2 cm³/mol. The Bertz CT molecular complexity index is 581. The van der Waals surface area contributed by atoms with Gasteiger partial charge in [-0.2, -0.15) is 0 Å². The number of carbonyl (C=O) groups excluding carboxylic acids is 1. The number of rotatable bonds is 6. The number of carbonyl (C=O) groups is 1. The van der Waals surface area contributed by atoms with E-state index in [2.05, 4.69) is 17.4 Å². The molecule has 1 unspecified atom stereocenters. The van der Waals surface area contributed by atoms with Gasteiger partial charge in [0.25, 0.3) is 0 Å². The van der Waals surface area contributed by atoms with Crippen LogP contribution in [0.5, 0.6) is 0 Å². The first-order chi connectivity index (χ1) is 10.2. The van der Waals surface area contributed by atoms with Crippen LogP contribution in [0.2, 0.25) is 0 Å². The third kappa shape index (κ3) is 4.43. The fraction of sp³-hybridized carbons (Fsp3) is 0.278. The summed E-state index contributed by atoms with van der Waals surface area (Å²) in [7, 11) is 0. The highest BCUT2D eigenvalue weighted by atomic mass is 16.2. The molecule has 110 valence electrons. The van der Waals surface area contributed by atoms with E-state index >= 15 is 0 Å². The summed E-state index contributed by atoms with van der Waals surface area (Å²) in [6, 6.07) is 17.6. The molecule has 0 saturated carbocycles. The Hall–Kier alpha value is -2.13. The molecule has 2 aromatic rings. The van der Waals surface area contributed by atoms with E-state index in [1.54, 1.807) is 0 Å². The van der Waals surface area contributed by atoms with E-state index in [1.807, 2.05) is 49.4 Å². The minimum atomic E-state index is -0.445. The van der Waals surface area contributed by atoms with Crippen molar-refractivity contribution in [2.75, 3.05) is 5.32 Å². The maximum absolute atomic E-state index is 12.1. The van der Waals surface area contributed by atoms with Crippen LogP contribution in [0.15, 0.2) is 54.6 Å². The third-order valence-electron chi connectivity index (χ3n) is 3.45. The first kappa shape index (κ1) is 15.3. The lowest BCUT2D eigenvalue weighted by Crippen LogP contribution is -2.35. The highest BCUT2D eigenvalue weighted by molar-refractivity contribution is 5.95. The molecule has 3 N–H and O–H groups in total. The summed E-state index contributed by atoms with van der Waals surface area (Å²) in [6.45, 7) is 2.02. The molecular weight excluding hydrogens is 260 g/mol. The third-order valence-corrected chi connectivity index (χ3v) is 3.45. The largest absolute Gasteiger partial charge is 0.324 e. The van der Waals surface area contributed by atoms with Crippen LogP contribution in [0.25, 0.3) is 0 Å². The fourth-order valence-electron chi connectivity index (χ4n) is 2.28. The zero-order valence-corrected chi connectivity index (χ0v) is 12.4. The standard InChI is InChI=1S/C18H22N2O/c1-2-8-16(19)18(21)20-17-12-7-6-11-15(17)13-14-9-4-3-5-10-14/h3-7,9-12,16H,2,8,13,19H2,1H3,(H,20,21). The molecule has 0 heterocycles. The average Bonchev–Trinajstić information content (AvgIpc) is 2.50. The van der Waals surface area contributed by atoms with E-state index < -0.39 is 6.04 Å². The normalized spacial score (nSPS) is 11.9. The zero-order valence-electron chi connectivity index (χ0n) is 12.4. The van der Waals surface area contributed by atoms with E-state index in [0.29, 0.717) is 6.42 Å².